The van der Waals surface area contributed by atoms with Crippen LogP contribution >= 0.6 is 11.9 Å². The van der Waals surface area contributed by atoms with Crippen molar-refractivity contribution in [2.45, 2.75) is 64.3 Å². The molecule has 1 atom stereocenters. The summed E-state index contributed by atoms with van der Waals surface area (Å²) in [6.07, 6.45) is 10.1. The van der Waals surface area contributed by atoms with Crippen LogP contribution in [0.3, 0.4) is 0 Å². The molecular weight excluding hydrogens is 512 g/mol. The number of rotatable bonds is 11. The van der Waals surface area contributed by atoms with Gasteiger partial charge >= 0.3 is 0 Å². The second-order valence-corrected chi connectivity index (χ2v) is 12.4. The highest BCUT2D eigenvalue weighted by Crippen LogP contribution is 2.43. The van der Waals surface area contributed by atoms with Gasteiger partial charge in [-0.1, -0.05) is 11.9 Å². The van der Waals surface area contributed by atoms with E-state index in [1.807, 2.05) is 23.4 Å². The lowest BCUT2D eigenvalue weighted by molar-refractivity contribution is 0.217. The number of ether oxygens (including phenoxy) is 1. The summed E-state index contributed by atoms with van der Waals surface area (Å²) in [7, 11) is 1.74. The first-order valence-electron chi connectivity index (χ1n) is 14.2. The van der Waals surface area contributed by atoms with Gasteiger partial charge in [-0.3, -0.25) is 13.7 Å². The maximum absolute atomic E-state index is 13.9. The lowest BCUT2D eigenvalue weighted by Gasteiger charge is -2.31. The molecule has 10 nitrogen and oxygen atoms in total. The zero-order valence-electron chi connectivity index (χ0n) is 23.1. The van der Waals surface area contributed by atoms with Gasteiger partial charge in [0, 0.05) is 44.5 Å². The fourth-order valence-corrected chi connectivity index (χ4v) is 6.54. The van der Waals surface area contributed by atoms with Crippen LogP contribution < -0.4 is 10.9 Å². The lowest BCUT2D eigenvalue weighted by atomic mass is 9.98. The lowest BCUT2D eigenvalue weighted by Crippen LogP contribution is -2.34. The van der Waals surface area contributed by atoms with Crippen molar-refractivity contribution in [1.82, 2.24) is 33.8 Å². The van der Waals surface area contributed by atoms with Crippen LogP contribution in [0.25, 0.3) is 22.6 Å². The van der Waals surface area contributed by atoms with Gasteiger partial charge in [-0.2, -0.15) is 0 Å². The summed E-state index contributed by atoms with van der Waals surface area (Å²) in [6, 6.07) is 0.0506. The van der Waals surface area contributed by atoms with Crippen molar-refractivity contribution in [2.24, 2.45) is 11.8 Å². The van der Waals surface area contributed by atoms with E-state index in [9.17, 15) is 4.79 Å². The van der Waals surface area contributed by atoms with E-state index in [-0.39, 0.29) is 11.6 Å². The summed E-state index contributed by atoms with van der Waals surface area (Å²) in [5.41, 5.74) is 3.92. The Kier molecular flexibility index (Phi) is 7.82. The van der Waals surface area contributed by atoms with E-state index in [2.05, 4.69) is 26.5 Å². The predicted molar refractivity (Wildman–Crippen MR) is 154 cm³/mol. The van der Waals surface area contributed by atoms with Crippen molar-refractivity contribution in [3.8, 4) is 11.4 Å². The number of aryl methyl sites for hydroxylation is 1. The molecule has 208 valence electrons. The molecule has 1 unspecified atom stereocenters. The zero-order chi connectivity index (χ0) is 26.9. The number of nitrogens with one attached hydrogen (secondary N) is 1. The van der Waals surface area contributed by atoms with Gasteiger partial charge in [-0.15, -0.1) is 0 Å². The van der Waals surface area contributed by atoms with Crippen LogP contribution in [0.1, 0.15) is 68.8 Å². The van der Waals surface area contributed by atoms with Gasteiger partial charge in [-0.25, -0.2) is 24.9 Å². The summed E-state index contributed by atoms with van der Waals surface area (Å²) < 4.78 is 9.46. The maximum Gasteiger partial charge on any atom is 0.295 e. The molecular formula is C28H38N8O2S. The third-order valence-corrected chi connectivity index (χ3v) is 9.37. The van der Waals surface area contributed by atoms with E-state index in [4.69, 9.17) is 19.7 Å². The van der Waals surface area contributed by atoms with Crippen molar-refractivity contribution in [3.05, 3.63) is 34.3 Å². The molecule has 3 aromatic rings. The highest BCUT2D eigenvalue weighted by atomic mass is 32.2. The van der Waals surface area contributed by atoms with Crippen LogP contribution in [0.15, 0.2) is 17.3 Å². The molecule has 0 radical (unpaired) electrons. The van der Waals surface area contributed by atoms with Crippen molar-refractivity contribution in [2.75, 3.05) is 44.4 Å². The number of piperidine rings is 1. The Morgan fingerprint density at radius 3 is 2.62 bits per heavy atom. The van der Waals surface area contributed by atoms with E-state index in [1.54, 1.807) is 19.6 Å². The standard InChI is InChI=1S/C28H38N8O2S/c1-17-23(24(21-6-7-21)32-16-31-17)25-30-15-22-27(34-25)36(18(2)20-4-5-20)28(37)26(33-22)29-14-19-8-10-35(11-9-19)39-13-12-38-3/h15-16,18-21H,4-14H2,1-3H3,(H,29,33). The van der Waals surface area contributed by atoms with Gasteiger partial charge in [-0.05, 0) is 64.2 Å². The minimum absolute atomic E-state index is 0.0506. The summed E-state index contributed by atoms with van der Waals surface area (Å²) in [6.45, 7) is 7.73. The Bertz CT molecular complexity index is 1380. The van der Waals surface area contributed by atoms with Crippen molar-refractivity contribution < 1.29 is 4.74 Å². The number of hydrogen-bond donors (Lipinski definition) is 1. The molecule has 0 aromatic carbocycles. The first kappa shape index (κ1) is 26.6. The van der Waals surface area contributed by atoms with Gasteiger partial charge in [0.05, 0.1) is 29.8 Å². The summed E-state index contributed by atoms with van der Waals surface area (Å²) in [5.74, 6) is 3.41. The van der Waals surface area contributed by atoms with E-state index in [1.165, 1.54) is 0 Å². The fourth-order valence-electron chi connectivity index (χ4n) is 5.57. The highest BCUT2D eigenvalue weighted by Gasteiger charge is 2.33. The van der Waals surface area contributed by atoms with Gasteiger partial charge in [0.25, 0.3) is 5.56 Å². The normalized spacial score (nSPS) is 19.5. The molecule has 0 bridgehead atoms. The quantitative estimate of drug-likeness (QED) is 0.275. The molecule has 0 spiro atoms. The Morgan fingerprint density at radius 1 is 1.10 bits per heavy atom. The SMILES string of the molecule is COCCSN1CCC(CNc2nc3cnc(-c4c(C)ncnc4C4CC4)nc3n(C(C)C3CC3)c2=O)CC1. The Labute approximate surface area is 233 Å². The second-order valence-electron chi connectivity index (χ2n) is 11.2. The van der Waals surface area contributed by atoms with E-state index < -0.39 is 0 Å². The topological polar surface area (TPSA) is 111 Å². The van der Waals surface area contributed by atoms with Crippen LogP contribution in [0.5, 0.6) is 0 Å². The van der Waals surface area contributed by atoms with Crippen LogP contribution in [-0.2, 0) is 4.74 Å². The number of nitrogens with zero attached hydrogens (tertiary/aromatic N) is 7. The molecule has 0 amide bonds. The summed E-state index contributed by atoms with van der Waals surface area (Å²) in [4.78, 5) is 37.3. The number of methoxy groups -OCH3 is 1. The van der Waals surface area contributed by atoms with Crippen LogP contribution in [0.2, 0.25) is 0 Å². The molecule has 4 heterocycles. The van der Waals surface area contributed by atoms with Gasteiger partial charge < -0.3 is 10.1 Å². The number of aromatic nitrogens is 6. The van der Waals surface area contributed by atoms with Gasteiger partial charge in [0.2, 0.25) is 0 Å². The second kappa shape index (κ2) is 11.5. The largest absolute Gasteiger partial charge is 0.384 e. The van der Waals surface area contributed by atoms with Crippen LogP contribution in [0, 0.1) is 18.8 Å². The molecule has 3 fully saturated rings. The summed E-state index contributed by atoms with van der Waals surface area (Å²) in [5, 5.41) is 3.42. The average molecular weight is 551 g/mol. The monoisotopic (exact) mass is 550 g/mol. The van der Waals surface area contributed by atoms with Crippen molar-refractivity contribution >= 4 is 28.9 Å². The first-order chi connectivity index (χ1) is 19.0. The summed E-state index contributed by atoms with van der Waals surface area (Å²) >= 11 is 1.86. The Morgan fingerprint density at radius 2 is 1.90 bits per heavy atom. The minimum atomic E-state index is -0.0949. The molecule has 3 aromatic heterocycles. The maximum atomic E-state index is 13.9. The predicted octanol–water partition coefficient (Wildman–Crippen LogP) is 4.22. The molecule has 3 aliphatic rings. The molecule has 1 N–H and O–H groups in total. The zero-order valence-corrected chi connectivity index (χ0v) is 23.9. The van der Waals surface area contributed by atoms with Gasteiger partial charge in [0.1, 0.15) is 11.8 Å². The molecule has 2 aliphatic carbocycles. The molecule has 11 heteroatoms. The van der Waals surface area contributed by atoms with Crippen molar-refractivity contribution in [3.63, 3.8) is 0 Å². The molecule has 1 saturated heterocycles. The fraction of sp³-hybridized carbons (Fsp3) is 0.643. The van der Waals surface area contributed by atoms with Gasteiger partial charge in [0.15, 0.2) is 17.3 Å². The molecule has 2 saturated carbocycles. The molecule has 1 aliphatic heterocycles. The first-order valence-corrected chi connectivity index (χ1v) is 15.2. The van der Waals surface area contributed by atoms with Crippen LogP contribution in [-0.4, -0.2) is 72.9 Å². The minimum Gasteiger partial charge on any atom is -0.384 e. The Balaban J connectivity index is 1.27. The smallest absolute Gasteiger partial charge is 0.295 e. The average Bonchev–Trinajstić information content (AvgIpc) is 3.86. The van der Waals surface area contributed by atoms with E-state index >= 15 is 0 Å². The van der Waals surface area contributed by atoms with Crippen molar-refractivity contribution in [1.29, 1.82) is 0 Å². The number of anilines is 1. The Hall–Kier alpha value is -2.63. The third-order valence-electron chi connectivity index (χ3n) is 8.29. The van der Waals surface area contributed by atoms with Crippen LogP contribution in [0.4, 0.5) is 5.82 Å². The van der Waals surface area contributed by atoms with E-state index in [0.717, 1.165) is 87.5 Å². The highest BCUT2D eigenvalue weighted by molar-refractivity contribution is 7.97. The number of fused-ring (bicyclic) bond motifs is 1. The molecule has 6 rings (SSSR count). The molecule has 39 heavy (non-hydrogen) atoms. The third kappa shape index (κ3) is 5.81. The number of hydrogen-bond acceptors (Lipinski definition) is 10. The van der Waals surface area contributed by atoms with E-state index in [0.29, 0.717) is 40.6 Å².